The van der Waals surface area contributed by atoms with Crippen molar-refractivity contribution < 1.29 is 4.79 Å². The van der Waals surface area contributed by atoms with Gasteiger partial charge in [-0.2, -0.15) is 0 Å². The lowest BCUT2D eigenvalue weighted by Gasteiger charge is -2.56. The summed E-state index contributed by atoms with van der Waals surface area (Å²) < 4.78 is 0. The van der Waals surface area contributed by atoms with Crippen LogP contribution in [0.25, 0.3) is 0 Å². The smallest absolute Gasteiger partial charge is 0.315 e. The Morgan fingerprint density at radius 3 is 2.36 bits per heavy atom. The number of carbonyl (C=O) groups is 1. The Kier molecular flexibility index (Phi) is 3.35. The van der Waals surface area contributed by atoms with Crippen LogP contribution < -0.4 is 10.6 Å². The lowest BCUT2D eigenvalue weighted by molar-refractivity contribution is -0.0136. The third-order valence-electron chi connectivity index (χ3n) is 5.90. The highest BCUT2D eigenvalue weighted by Gasteiger charge is 2.51. The molecular weight excluding hydrogens is 274 g/mol. The lowest BCUT2D eigenvalue weighted by Crippen LogP contribution is -2.61. The van der Waals surface area contributed by atoms with Crippen LogP contribution in [0.5, 0.6) is 0 Å². The first-order chi connectivity index (χ1) is 10.6. The summed E-state index contributed by atoms with van der Waals surface area (Å²) in [5.74, 6) is 2.54. The molecule has 1 aromatic heterocycles. The number of hydrogen-bond acceptors (Lipinski definition) is 2. The van der Waals surface area contributed by atoms with Crippen molar-refractivity contribution in [2.24, 2.45) is 17.8 Å². The van der Waals surface area contributed by atoms with Gasteiger partial charge in [-0.25, -0.2) is 4.79 Å². The lowest BCUT2D eigenvalue weighted by atomic mass is 9.53. The van der Waals surface area contributed by atoms with Crippen LogP contribution in [0, 0.1) is 17.8 Å². The zero-order valence-electron chi connectivity index (χ0n) is 13.2. The maximum atomic E-state index is 12.5. The normalized spacial score (nSPS) is 36.9. The summed E-state index contributed by atoms with van der Waals surface area (Å²) in [6.45, 7) is 1.99. The molecule has 2 N–H and O–H groups in total. The molecule has 0 unspecified atom stereocenters. The van der Waals surface area contributed by atoms with Gasteiger partial charge in [0.05, 0.1) is 11.7 Å². The van der Waals surface area contributed by atoms with Crippen LogP contribution in [0.3, 0.4) is 0 Å². The van der Waals surface area contributed by atoms with Crippen molar-refractivity contribution in [1.82, 2.24) is 15.6 Å². The van der Waals surface area contributed by atoms with Gasteiger partial charge < -0.3 is 10.6 Å². The number of rotatable bonds is 3. The number of hydrogen-bond donors (Lipinski definition) is 2. The molecule has 0 saturated heterocycles. The summed E-state index contributed by atoms with van der Waals surface area (Å²) in [4.78, 5) is 16.8. The van der Waals surface area contributed by atoms with E-state index in [1.54, 1.807) is 6.20 Å². The van der Waals surface area contributed by atoms with Crippen molar-refractivity contribution in [3.8, 4) is 0 Å². The average Bonchev–Trinajstić information content (AvgIpc) is 2.45. The van der Waals surface area contributed by atoms with Crippen molar-refractivity contribution in [2.75, 3.05) is 0 Å². The largest absolute Gasteiger partial charge is 0.333 e. The van der Waals surface area contributed by atoms with Gasteiger partial charge in [0.1, 0.15) is 0 Å². The van der Waals surface area contributed by atoms with E-state index in [1.807, 2.05) is 25.1 Å². The molecule has 4 fully saturated rings. The molecule has 1 atom stereocenters. The van der Waals surface area contributed by atoms with Gasteiger partial charge in [0.2, 0.25) is 0 Å². The molecule has 4 heteroatoms. The molecule has 0 radical (unpaired) electrons. The Morgan fingerprint density at radius 2 is 1.82 bits per heavy atom. The summed E-state index contributed by atoms with van der Waals surface area (Å²) in [5.41, 5.74) is 0.978. The van der Waals surface area contributed by atoms with E-state index in [0.717, 1.165) is 23.4 Å². The minimum absolute atomic E-state index is 0.0277. The number of nitrogens with zero attached hydrogens (tertiary/aromatic N) is 1. The molecule has 4 bridgehead atoms. The highest BCUT2D eigenvalue weighted by Crippen LogP contribution is 2.55. The molecule has 0 spiro atoms. The zero-order valence-corrected chi connectivity index (χ0v) is 13.2. The van der Waals surface area contributed by atoms with Crippen LogP contribution in [0.15, 0.2) is 24.4 Å². The molecule has 4 aliphatic carbocycles. The van der Waals surface area contributed by atoms with Crippen molar-refractivity contribution in [2.45, 2.75) is 57.0 Å². The standard InChI is InChI=1S/C18H25N3O/c1-12(16-4-2-3-5-19-16)20-17(22)21-18-9-13-6-14(10-18)8-15(7-13)11-18/h2-5,12-15H,6-11H2,1H3,(H2,20,21,22)/t12-,13?,14?,15?,18?/m1/s1. The first-order valence-electron chi connectivity index (χ1n) is 8.61. The molecule has 4 nitrogen and oxygen atoms in total. The van der Waals surface area contributed by atoms with Crippen molar-refractivity contribution in [3.05, 3.63) is 30.1 Å². The van der Waals surface area contributed by atoms with Crippen molar-refractivity contribution >= 4 is 6.03 Å². The number of amides is 2. The third-order valence-corrected chi connectivity index (χ3v) is 5.90. The monoisotopic (exact) mass is 299 g/mol. The van der Waals surface area contributed by atoms with E-state index in [0.29, 0.717) is 0 Å². The molecule has 5 rings (SSSR count). The molecule has 1 heterocycles. The van der Waals surface area contributed by atoms with Crippen molar-refractivity contribution in [3.63, 3.8) is 0 Å². The van der Waals surface area contributed by atoms with Gasteiger partial charge in [-0.15, -0.1) is 0 Å². The number of urea groups is 1. The van der Waals surface area contributed by atoms with E-state index >= 15 is 0 Å². The fraction of sp³-hybridized carbons (Fsp3) is 0.667. The minimum atomic E-state index is -0.0601. The number of carbonyl (C=O) groups excluding carboxylic acids is 1. The van der Waals surface area contributed by atoms with E-state index in [2.05, 4.69) is 15.6 Å². The molecular formula is C18H25N3O. The van der Waals surface area contributed by atoms with Crippen LogP contribution in [0.4, 0.5) is 4.79 Å². The quantitative estimate of drug-likeness (QED) is 0.898. The maximum Gasteiger partial charge on any atom is 0.315 e. The number of nitrogens with one attached hydrogen (secondary N) is 2. The summed E-state index contributed by atoms with van der Waals surface area (Å²) in [5, 5.41) is 6.41. The minimum Gasteiger partial charge on any atom is -0.333 e. The van der Waals surface area contributed by atoms with Crippen LogP contribution in [0.2, 0.25) is 0 Å². The second kappa shape index (κ2) is 5.25. The molecule has 0 aromatic carbocycles. The van der Waals surface area contributed by atoms with E-state index in [9.17, 15) is 4.79 Å². The summed E-state index contributed by atoms with van der Waals surface area (Å²) in [6.07, 6.45) is 9.51. The first-order valence-corrected chi connectivity index (χ1v) is 8.61. The molecule has 1 aromatic rings. The third kappa shape index (κ3) is 2.59. The molecule has 22 heavy (non-hydrogen) atoms. The fourth-order valence-corrected chi connectivity index (χ4v) is 5.44. The van der Waals surface area contributed by atoms with Gasteiger partial charge in [-0.1, -0.05) is 6.07 Å². The number of pyridine rings is 1. The van der Waals surface area contributed by atoms with Crippen molar-refractivity contribution in [1.29, 1.82) is 0 Å². The predicted octanol–water partition coefficient (Wildman–Crippen LogP) is 3.41. The Morgan fingerprint density at radius 1 is 1.18 bits per heavy atom. The van der Waals surface area contributed by atoms with Gasteiger partial charge in [0.25, 0.3) is 0 Å². The molecule has 2 amide bonds. The zero-order chi connectivity index (χ0) is 15.2. The SMILES string of the molecule is C[C@@H](NC(=O)NC12CC3CC(CC(C3)C1)C2)c1ccccn1. The van der Waals surface area contributed by atoms with E-state index < -0.39 is 0 Å². The Hall–Kier alpha value is -1.58. The summed E-state index contributed by atoms with van der Waals surface area (Å²) in [6, 6.07) is 5.72. The second-order valence-electron chi connectivity index (χ2n) is 7.77. The molecule has 4 saturated carbocycles. The first kappa shape index (κ1) is 14.0. The average molecular weight is 299 g/mol. The van der Waals surface area contributed by atoms with Gasteiger partial charge >= 0.3 is 6.03 Å². The second-order valence-corrected chi connectivity index (χ2v) is 7.77. The van der Waals surface area contributed by atoms with E-state index in [4.69, 9.17) is 0 Å². The topological polar surface area (TPSA) is 54.0 Å². The molecule has 4 aliphatic rings. The highest BCUT2D eigenvalue weighted by molar-refractivity contribution is 5.75. The molecule has 0 aliphatic heterocycles. The number of aromatic nitrogens is 1. The van der Waals surface area contributed by atoms with Crippen LogP contribution >= 0.6 is 0 Å². The summed E-state index contributed by atoms with van der Waals surface area (Å²) in [7, 11) is 0. The Bertz CT molecular complexity index is 521. The molecule has 118 valence electrons. The maximum absolute atomic E-state index is 12.5. The predicted molar refractivity (Wildman–Crippen MR) is 85.2 cm³/mol. The van der Waals surface area contributed by atoms with E-state index in [1.165, 1.54) is 38.5 Å². The summed E-state index contributed by atoms with van der Waals surface area (Å²) >= 11 is 0. The van der Waals surface area contributed by atoms with Gasteiger partial charge in [0.15, 0.2) is 0 Å². The van der Waals surface area contributed by atoms with Crippen LogP contribution in [0.1, 0.15) is 57.2 Å². The van der Waals surface area contributed by atoms with E-state index in [-0.39, 0.29) is 17.6 Å². The van der Waals surface area contributed by atoms with Crippen LogP contribution in [-0.2, 0) is 0 Å². The van der Waals surface area contributed by atoms with Gasteiger partial charge in [-0.3, -0.25) is 4.98 Å². The fourth-order valence-electron chi connectivity index (χ4n) is 5.44. The highest BCUT2D eigenvalue weighted by atomic mass is 16.2. The Labute approximate surface area is 132 Å². The Balaban J connectivity index is 1.40. The van der Waals surface area contributed by atoms with Crippen LogP contribution in [-0.4, -0.2) is 16.6 Å². The van der Waals surface area contributed by atoms with Gasteiger partial charge in [-0.05, 0) is 75.3 Å². The van der Waals surface area contributed by atoms with Gasteiger partial charge in [0, 0.05) is 11.7 Å².